The fourth-order valence-electron chi connectivity index (χ4n) is 7.04. The van der Waals surface area contributed by atoms with Crippen LogP contribution in [-0.2, 0) is 14.3 Å². The minimum atomic E-state index is -0.246. The molecule has 7 heteroatoms. The Hall–Kier alpha value is -0.850. The normalized spacial score (nSPS) is 42.2. The summed E-state index contributed by atoms with van der Waals surface area (Å²) >= 11 is 0. The van der Waals surface area contributed by atoms with Gasteiger partial charge in [-0.05, 0) is 63.2 Å². The van der Waals surface area contributed by atoms with Crippen LogP contribution in [0.5, 0.6) is 0 Å². The number of piperazine rings is 1. The Labute approximate surface area is 174 Å². The zero-order chi connectivity index (χ0) is 18.6. The van der Waals surface area contributed by atoms with Crippen molar-refractivity contribution in [1.82, 2.24) is 15.1 Å². The highest BCUT2D eigenvalue weighted by Gasteiger charge is 2.55. The van der Waals surface area contributed by atoms with E-state index in [1.165, 1.54) is 19.3 Å². The third-order valence-electron chi connectivity index (χ3n) is 7.95. The van der Waals surface area contributed by atoms with Crippen LogP contribution in [0.4, 0.5) is 0 Å². The van der Waals surface area contributed by atoms with Crippen molar-refractivity contribution in [2.75, 3.05) is 39.3 Å². The smallest absolute Gasteiger partial charge is 0.242 e. The van der Waals surface area contributed by atoms with Crippen molar-refractivity contribution in [2.24, 2.45) is 23.2 Å². The average molecular weight is 412 g/mol. The number of halogens is 1. The van der Waals surface area contributed by atoms with Gasteiger partial charge in [-0.25, -0.2) is 0 Å². The average Bonchev–Trinajstić information content (AvgIpc) is 2.66. The molecule has 1 N–H and O–H groups in total. The lowest BCUT2D eigenvalue weighted by Crippen LogP contribution is -2.62. The van der Waals surface area contributed by atoms with E-state index in [1.807, 2.05) is 11.8 Å². The van der Waals surface area contributed by atoms with Crippen molar-refractivity contribution in [2.45, 2.75) is 57.6 Å². The van der Waals surface area contributed by atoms with E-state index in [-0.39, 0.29) is 35.9 Å². The van der Waals surface area contributed by atoms with E-state index >= 15 is 0 Å². The van der Waals surface area contributed by atoms with Crippen LogP contribution < -0.4 is 5.32 Å². The summed E-state index contributed by atoms with van der Waals surface area (Å²) in [6.45, 7) is 6.04. The number of amides is 2. The number of nitrogens with one attached hydrogen (secondary N) is 1. The number of hydrogen-bond donors (Lipinski definition) is 1. The summed E-state index contributed by atoms with van der Waals surface area (Å²) in [6, 6.07) is -0.246. The predicted molar refractivity (Wildman–Crippen MR) is 108 cm³/mol. The molecule has 2 heterocycles. The monoisotopic (exact) mass is 411 g/mol. The Balaban J connectivity index is 0.00000192. The minimum Gasteiger partial charge on any atom is -0.375 e. The maximum Gasteiger partial charge on any atom is 0.242 e. The fourth-order valence-corrected chi connectivity index (χ4v) is 7.04. The molecule has 0 aromatic rings. The second-order valence-corrected chi connectivity index (χ2v) is 9.82. The number of morpholine rings is 1. The van der Waals surface area contributed by atoms with Crippen LogP contribution in [0, 0.1) is 23.2 Å². The highest BCUT2D eigenvalue weighted by atomic mass is 35.5. The molecule has 4 saturated carbocycles. The lowest BCUT2D eigenvalue weighted by atomic mass is 9.49. The van der Waals surface area contributed by atoms with Gasteiger partial charge in [0.1, 0.15) is 6.04 Å². The molecule has 6 rings (SSSR count). The quantitative estimate of drug-likeness (QED) is 0.750. The Kier molecular flexibility index (Phi) is 5.66. The molecule has 158 valence electrons. The lowest BCUT2D eigenvalue weighted by Gasteiger charge is -2.57. The van der Waals surface area contributed by atoms with Crippen LogP contribution in [0.1, 0.15) is 45.4 Å². The van der Waals surface area contributed by atoms with Crippen LogP contribution in [-0.4, -0.2) is 73.1 Å². The first-order valence-electron chi connectivity index (χ1n) is 11.0. The molecule has 6 fully saturated rings. The molecule has 0 radical (unpaired) electrons. The minimum absolute atomic E-state index is 0. The number of hydrogen-bond acceptors (Lipinski definition) is 4. The van der Waals surface area contributed by atoms with Crippen molar-refractivity contribution in [3.8, 4) is 0 Å². The van der Waals surface area contributed by atoms with Crippen LogP contribution >= 0.6 is 12.4 Å². The molecule has 6 nitrogen and oxygen atoms in total. The van der Waals surface area contributed by atoms with E-state index < -0.39 is 0 Å². The Morgan fingerprint density at radius 3 is 2.00 bits per heavy atom. The highest BCUT2D eigenvalue weighted by Crippen LogP contribution is 2.60. The third kappa shape index (κ3) is 3.46. The molecule has 0 aromatic heterocycles. The summed E-state index contributed by atoms with van der Waals surface area (Å²) in [7, 11) is 0. The van der Waals surface area contributed by atoms with Gasteiger partial charge in [0.15, 0.2) is 0 Å². The number of carbonyl (C=O) groups excluding carboxylic acids is 2. The van der Waals surface area contributed by atoms with E-state index in [1.54, 1.807) is 0 Å². The largest absolute Gasteiger partial charge is 0.375 e. The van der Waals surface area contributed by atoms with Gasteiger partial charge in [-0.2, -0.15) is 0 Å². The van der Waals surface area contributed by atoms with Gasteiger partial charge in [0, 0.05) is 32.7 Å². The van der Waals surface area contributed by atoms with Crippen molar-refractivity contribution < 1.29 is 14.3 Å². The molecule has 6 aliphatic rings. The van der Waals surface area contributed by atoms with Crippen LogP contribution in [0.3, 0.4) is 0 Å². The van der Waals surface area contributed by atoms with Crippen molar-refractivity contribution >= 4 is 24.2 Å². The summed E-state index contributed by atoms with van der Waals surface area (Å²) in [5.41, 5.74) is -0.0613. The molecule has 0 unspecified atom stereocenters. The van der Waals surface area contributed by atoms with Crippen LogP contribution in [0.25, 0.3) is 0 Å². The van der Waals surface area contributed by atoms with Gasteiger partial charge in [-0.1, -0.05) is 0 Å². The number of nitrogens with zero attached hydrogens (tertiary/aromatic N) is 2. The second kappa shape index (κ2) is 7.77. The first kappa shape index (κ1) is 20.4. The zero-order valence-corrected chi connectivity index (χ0v) is 17.7. The molecule has 2 atom stereocenters. The van der Waals surface area contributed by atoms with Gasteiger partial charge in [0.05, 0.1) is 18.1 Å². The Morgan fingerprint density at radius 1 is 0.929 bits per heavy atom. The van der Waals surface area contributed by atoms with Crippen LogP contribution in [0.15, 0.2) is 0 Å². The molecular weight excluding hydrogens is 378 g/mol. The van der Waals surface area contributed by atoms with Gasteiger partial charge in [0.2, 0.25) is 11.8 Å². The molecule has 4 aliphatic carbocycles. The third-order valence-corrected chi connectivity index (χ3v) is 7.95. The van der Waals surface area contributed by atoms with Gasteiger partial charge >= 0.3 is 0 Å². The van der Waals surface area contributed by atoms with Crippen molar-refractivity contribution in [1.29, 1.82) is 0 Å². The summed E-state index contributed by atoms with van der Waals surface area (Å²) < 4.78 is 5.62. The summed E-state index contributed by atoms with van der Waals surface area (Å²) in [4.78, 5) is 30.3. The predicted octanol–water partition coefficient (Wildman–Crippen LogP) is 1.67. The molecule has 0 aromatic carbocycles. The molecule has 2 saturated heterocycles. The van der Waals surface area contributed by atoms with E-state index in [4.69, 9.17) is 4.74 Å². The van der Waals surface area contributed by atoms with Gasteiger partial charge < -0.3 is 19.9 Å². The topological polar surface area (TPSA) is 61.9 Å². The molecule has 0 spiro atoms. The number of rotatable bonds is 2. The first-order valence-corrected chi connectivity index (χ1v) is 11.0. The van der Waals surface area contributed by atoms with Gasteiger partial charge in [0.25, 0.3) is 0 Å². The molecule has 2 aliphatic heterocycles. The van der Waals surface area contributed by atoms with Crippen molar-refractivity contribution in [3.63, 3.8) is 0 Å². The second-order valence-electron chi connectivity index (χ2n) is 9.82. The molecular formula is C21H34ClN3O3. The van der Waals surface area contributed by atoms with E-state index in [9.17, 15) is 9.59 Å². The molecule has 28 heavy (non-hydrogen) atoms. The van der Waals surface area contributed by atoms with E-state index in [0.717, 1.165) is 43.6 Å². The first-order chi connectivity index (χ1) is 13.0. The van der Waals surface area contributed by atoms with E-state index in [0.29, 0.717) is 38.7 Å². The zero-order valence-electron chi connectivity index (χ0n) is 16.9. The SMILES string of the molecule is C[C@H]1OCCN[C@@H]1C(=O)N1CCN(C(=O)C23CC4CC(CC(C4)C2)C3)CC1.Cl. The van der Waals surface area contributed by atoms with Gasteiger partial charge in [-0.15, -0.1) is 12.4 Å². The lowest BCUT2D eigenvalue weighted by molar-refractivity contribution is -0.161. The number of ether oxygens (including phenoxy) is 1. The van der Waals surface area contributed by atoms with Crippen LogP contribution in [0.2, 0.25) is 0 Å². The Bertz CT molecular complexity index is 585. The molecule has 4 bridgehead atoms. The number of carbonyl (C=O) groups is 2. The summed E-state index contributed by atoms with van der Waals surface area (Å²) in [5, 5.41) is 3.29. The maximum absolute atomic E-state index is 13.5. The summed E-state index contributed by atoms with van der Waals surface area (Å²) in [6.07, 6.45) is 7.38. The highest BCUT2D eigenvalue weighted by molar-refractivity contribution is 5.85. The maximum atomic E-state index is 13.5. The fraction of sp³-hybridized carbons (Fsp3) is 0.905. The summed E-state index contributed by atoms with van der Waals surface area (Å²) in [5.74, 6) is 2.91. The standard InChI is InChI=1S/C21H33N3O3.ClH/c1-14-18(22-2-7-27-14)19(25)23-3-5-24(6-4-23)20(26)21-11-15-8-16(12-21)10-17(9-15)13-21;/h14-18,22H,2-13H2,1H3;1H/t14-,15?,16?,17?,18+,21?;/m1./s1. The van der Waals surface area contributed by atoms with E-state index in [2.05, 4.69) is 10.2 Å². The van der Waals surface area contributed by atoms with Crippen molar-refractivity contribution in [3.05, 3.63) is 0 Å². The Morgan fingerprint density at radius 2 is 1.46 bits per heavy atom. The molecule has 2 amide bonds. The van der Waals surface area contributed by atoms with Gasteiger partial charge in [-0.3, -0.25) is 9.59 Å².